The zero-order valence-electron chi connectivity index (χ0n) is 12.6. The Kier molecular flexibility index (Phi) is 3.32. The van der Waals surface area contributed by atoms with Crippen LogP contribution >= 0.6 is 0 Å². The highest BCUT2D eigenvalue weighted by molar-refractivity contribution is 5.96. The first-order valence-electron chi connectivity index (χ1n) is 7.12. The molecule has 2 N–H and O–H groups in total. The van der Waals surface area contributed by atoms with Crippen molar-refractivity contribution in [2.24, 2.45) is 11.8 Å². The van der Waals surface area contributed by atoms with Gasteiger partial charge in [-0.05, 0) is 0 Å². The number of hydrogen-bond acceptors (Lipinski definition) is 5. The standard InChI is InChI=1S/C15H18N2O5/c1-15(2,3)9-6-10(17-22-9)16-13(18)11-7-4-5-8(21-7)12(11)14(19)20/h4-8,11-12H,1-3H3,(H,19,20)(H,16,17,18)/t7-,8+,11-,12-/m0/s1. The lowest BCUT2D eigenvalue weighted by Crippen LogP contribution is -2.39. The van der Waals surface area contributed by atoms with Gasteiger partial charge in [-0.3, -0.25) is 9.59 Å². The Morgan fingerprint density at radius 1 is 1.23 bits per heavy atom. The largest absolute Gasteiger partial charge is 0.481 e. The fourth-order valence-corrected chi connectivity index (χ4v) is 2.81. The van der Waals surface area contributed by atoms with Gasteiger partial charge >= 0.3 is 5.97 Å². The van der Waals surface area contributed by atoms with Crippen molar-refractivity contribution in [3.63, 3.8) is 0 Å². The summed E-state index contributed by atoms with van der Waals surface area (Å²) in [7, 11) is 0. The van der Waals surface area contributed by atoms with E-state index < -0.39 is 35.9 Å². The van der Waals surface area contributed by atoms with E-state index in [0.717, 1.165) is 0 Å². The van der Waals surface area contributed by atoms with Gasteiger partial charge in [0, 0.05) is 11.5 Å². The molecular weight excluding hydrogens is 288 g/mol. The quantitative estimate of drug-likeness (QED) is 0.822. The first-order chi connectivity index (χ1) is 10.3. The molecule has 3 rings (SSSR count). The van der Waals surface area contributed by atoms with Crippen LogP contribution in [0.2, 0.25) is 0 Å². The normalized spacial score (nSPS) is 29.8. The Labute approximate surface area is 127 Å². The van der Waals surface area contributed by atoms with Crippen molar-refractivity contribution in [1.29, 1.82) is 0 Å². The van der Waals surface area contributed by atoms with Crippen LogP contribution < -0.4 is 5.32 Å². The maximum absolute atomic E-state index is 12.4. The third-order valence-electron chi connectivity index (χ3n) is 3.99. The summed E-state index contributed by atoms with van der Waals surface area (Å²) in [5, 5.41) is 15.7. The van der Waals surface area contributed by atoms with Crippen molar-refractivity contribution in [3.8, 4) is 0 Å². The Bertz CT molecular complexity index is 643. The first-order valence-corrected chi connectivity index (χ1v) is 7.12. The van der Waals surface area contributed by atoms with E-state index in [4.69, 9.17) is 9.26 Å². The summed E-state index contributed by atoms with van der Waals surface area (Å²) in [5.41, 5.74) is -0.224. The number of carbonyl (C=O) groups is 2. The Balaban J connectivity index is 1.76. The number of rotatable bonds is 3. The molecule has 0 unspecified atom stereocenters. The lowest BCUT2D eigenvalue weighted by Gasteiger charge is -2.20. The highest BCUT2D eigenvalue weighted by Gasteiger charge is 2.53. The topological polar surface area (TPSA) is 102 Å². The molecule has 22 heavy (non-hydrogen) atoms. The van der Waals surface area contributed by atoms with Crippen molar-refractivity contribution >= 4 is 17.7 Å². The Morgan fingerprint density at radius 3 is 2.41 bits per heavy atom. The van der Waals surface area contributed by atoms with Crippen molar-refractivity contribution in [1.82, 2.24) is 5.16 Å². The van der Waals surface area contributed by atoms with Gasteiger partial charge in [0.05, 0.1) is 18.1 Å². The molecule has 0 aromatic carbocycles. The van der Waals surface area contributed by atoms with Crippen molar-refractivity contribution in [2.45, 2.75) is 38.4 Å². The molecule has 1 aromatic heterocycles. The second kappa shape index (κ2) is 4.95. The number of ether oxygens (including phenoxy) is 1. The zero-order chi connectivity index (χ0) is 16.1. The molecule has 0 spiro atoms. The molecule has 1 aromatic rings. The monoisotopic (exact) mass is 306 g/mol. The van der Waals surface area contributed by atoms with E-state index in [0.29, 0.717) is 5.76 Å². The summed E-state index contributed by atoms with van der Waals surface area (Å²) >= 11 is 0. The predicted molar refractivity (Wildman–Crippen MR) is 76.2 cm³/mol. The predicted octanol–water partition coefficient (Wildman–Crippen LogP) is 1.56. The van der Waals surface area contributed by atoms with Gasteiger partial charge in [-0.15, -0.1) is 0 Å². The third-order valence-corrected chi connectivity index (χ3v) is 3.99. The average Bonchev–Trinajstić information content (AvgIpc) is 3.11. The minimum atomic E-state index is -1.03. The maximum Gasteiger partial charge on any atom is 0.310 e. The van der Waals surface area contributed by atoms with E-state index in [2.05, 4.69) is 10.5 Å². The van der Waals surface area contributed by atoms with Crippen LogP contribution in [0.5, 0.6) is 0 Å². The molecule has 2 aliphatic rings. The van der Waals surface area contributed by atoms with Crippen LogP contribution in [0.3, 0.4) is 0 Å². The number of hydrogen-bond donors (Lipinski definition) is 2. The second-order valence-corrected chi connectivity index (χ2v) is 6.66. The van der Waals surface area contributed by atoms with Gasteiger partial charge in [-0.25, -0.2) is 0 Å². The van der Waals surface area contributed by atoms with E-state index >= 15 is 0 Å². The van der Waals surface area contributed by atoms with Crippen LogP contribution in [-0.2, 0) is 19.7 Å². The molecule has 4 atom stereocenters. The minimum absolute atomic E-state index is 0.224. The van der Waals surface area contributed by atoms with E-state index in [1.807, 2.05) is 20.8 Å². The number of aliphatic carboxylic acids is 1. The van der Waals surface area contributed by atoms with Crippen LogP contribution in [-0.4, -0.2) is 34.3 Å². The highest BCUT2D eigenvalue weighted by atomic mass is 16.5. The Morgan fingerprint density at radius 2 is 1.86 bits per heavy atom. The Hall–Kier alpha value is -2.15. The van der Waals surface area contributed by atoms with E-state index in [9.17, 15) is 14.7 Å². The summed E-state index contributed by atoms with van der Waals surface area (Å²) in [6.45, 7) is 5.90. The highest BCUT2D eigenvalue weighted by Crippen LogP contribution is 2.40. The van der Waals surface area contributed by atoms with Crippen LogP contribution in [0, 0.1) is 11.8 Å². The van der Waals surface area contributed by atoms with Crippen molar-refractivity contribution in [2.75, 3.05) is 5.32 Å². The molecule has 0 saturated carbocycles. The number of nitrogens with zero attached hydrogens (tertiary/aromatic N) is 1. The molecule has 1 fully saturated rings. The lowest BCUT2D eigenvalue weighted by molar-refractivity contribution is -0.145. The molecule has 1 saturated heterocycles. The second-order valence-electron chi connectivity index (χ2n) is 6.66. The smallest absolute Gasteiger partial charge is 0.310 e. The number of carbonyl (C=O) groups excluding carboxylic acids is 1. The number of aromatic nitrogens is 1. The SMILES string of the molecule is CC(C)(C)c1cc(NC(=O)[C@@H]2[C@@H](C(=O)O)[C@H]3C=C[C@@H]2O3)no1. The molecule has 7 heteroatoms. The van der Waals surface area contributed by atoms with Crippen LogP contribution in [0.4, 0.5) is 5.82 Å². The molecule has 118 valence electrons. The summed E-state index contributed by atoms with van der Waals surface area (Å²) < 4.78 is 10.7. The molecular formula is C15H18N2O5. The number of fused-ring (bicyclic) bond motifs is 2. The van der Waals surface area contributed by atoms with E-state index in [-0.39, 0.29) is 11.2 Å². The van der Waals surface area contributed by atoms with Gasteiger partial charge in [0.25, 0.3) is 0 Å². The van der Waals surface area contributed by atoms with E-state index in [1.165, 1.54) is 0 Å². The minimum Gasteiger partial charge on any atom is -0.481 e. The number of carboxylic acid groups (broad SMARTS) is 1. The van der Waals surface area contributed by atoms with Gasteiger partial charge in [0.1, 0.15) is 11.7 Å². The van der Waals surface area contributed by atoms with Gasteiger partial charge in [0.2, 0.25) is 5.91 Å². The summed E-state index contributed by atoms with van der Waals surface area (Å²) in [6, 6.07) is 1.65. The van der Waals surface area contributed by atoms with Crippen molar-refractivity contribution < 1.29 is 24.0 Å². The van der Waals surface area contributed by atoms with Crippen molar-refractivity contribution in [3.05, 3.63) is 24.0 Å². The zero-order valence-corrected chi connectivity index (χ0v) is 12.6. The molecule has 0 radical (unpaired) electrons. The molecule has 2 aliphatic heterocycles. The molecule has 7 nitrogen and oxygen atoms in total. The maximum atomic E-state index is 12.4. The third kappa shape index (κ3) is 2.41. The average molecular weight is 306 g/mol. The van der Waals surface area contributed by atoms with Gasteiger partial charge in [-0.1, -0.05) is 38.1 Å². The van der Waals surface area contributed by atoms with Gasteiger partial charge < -0.3 is 19.7 Å². The first kappa shape index (κ1) is 14.8. The summed E-state index contributed by atoms with van der Waals surface area (Å²) in [4.78, 5) is 23.8. The summed E-state index contributed by atoms with van der Waals surface area (Å²) in [6.07, 6.45) is 2.39. The van der Waals surface area contributed by atoms with Gasteiger partial charge in [0.15, 0.2) is 5.82 Å². The van der Waals surface area contributed by atoms with Gasteiger partial charge in [-0.2, -0.15) is 0 Å². The summed E-state index contributed by atoms with van der Waals surface area (Å²) in [5.74, 6) is -2.16. The lowest BCUT2D eigenvalue weighted by atomic mass is 9.82. The number of nitrogens with one attached hydrogen (secondary N) is 1. The molecule has 2 bridgehead atoms. The van der Waals surface area contributed by atoms with Crippen LogP contribution in [0.25, 0.3) is 0 Å². The molecule has 0 aliphatic carbocycles. The fraction of sp³-hybridized carbons (Fsp3) is 0.533. The van der Waals surface area contributed by atoms with E-state index in [1.54, 1.807) is 18.2 Å². The fourth-order valence-electron chi connectivity index (χ4n) is 2.81. The van der Waals surface area contributed by atoms with Crippen LogP contribution in [0.1, 0.15) is 26.5 Å². The van der Waals surface area contributed by atoms with Crippen LogP contribution in [0.15, 0.2) is 22.7 Å². The number of carboxylic acids is 1. The molecule has 3 heterocycles. The number of amides is 1. The molecule has 1 amide bonds. The number of anilines is 1.